The molecule has 0 amide bonds. The summed E-state index contributed by atoms with van der Waals surface area (Å²) in [4.78, 5) is 10.2. The summed E-state index contributed by atoms with van der Waals surface area (Å²) in [5.41, 5.74) is 7.59. The normalized spacial score (nSPS) is 16.9. The van der Waals surface area contributed by atoms with E-state index >= 15 is 0 Å². The minimum atomic E-state index is -0.204. The van der Waals surface area contributed by atoms with Crippen molar-refractivity contribution in [3.05, 3.63) is 41.8 Å². The van der Waals surface area contributed by atoms with Crippen molar-refractivity contribution in [3.8, 4) is 0 Å². The third kappa shape index (κ3) is 2.33. The highest BCUT2D eigenvalue weighted by Crippen LogP contribution is 2.37. The molecule has 0 radical (unpaired) electrons. The molecule has 1 unspecified atom stereocenters. The van der Waals surface area contributed by atoms with Gasteiger partial charge >= 0.3 is 0 Å². The second-order valence-electron chi connectivity index (χ2n) is 4.47. The molecule has 2 N–H and O–H groups in total. The highest BCUT2D eigenvalue weighted by atomic mass is 35.5. The van der Waals surface area contributed by atoms with Gasteiger partial charge in [0.05, 0.1) is 0 Å². The molecule has 1 aliphatic heterocycles. The van der Waals surface area contributed by atoms with Gasteiger partial charge in [-0.15, -0.1) is 12.4 Å². The van der Waals surface area contributed by atoms with Crippen LogP contribution in [0.2, 0.25) is 0 Å². The first-order chi connectivity index (χ1) is 8.65. The molecule has 1 aromatic heterocycles. The van der Waals surface area contributed by atoms with Gasteiger partial charge in [-0.1, -0.05) is 0 Å². The van der Waals surface area contributed by atoms with Gasteiger partial charge in [0.1, 0.15) is 11.6 Å². The Morgan fingerprint density at radius 1 is 1.37 bits per heavy atom. The molecule has 19 heavy (non-hydrogen) atoms. The van der Waals surface area contributed by atoms with Crippen LogP contribution >= 0.6 is 12.4 Å². The largest absolute Gasteiger partial charge is 0.368 e. The maximum Gasteiger partial charge on any atom is 0.221 e. The second-order valence-corrected chi connectivity index (χ2v) is 4.47. The van der Waals surface area contributed by atoms with E-state index in [-0.39, 0.29) is 30.2 Å². The third-order valence-electron chi connectivity index (χ3n) is 3.16. The molecule has 3 rings (SSSR count). The number of benzene rings is 1. The first-order valence-electron chi connectivity index (χ1n) is 5.81. The van der Waals surface area contributed by atoms with E-state index in [2.05, 4.69) is 21.8 Å². The molecule has 100 valence electrons. The number of halogens is 2. The van der Waals surface area contributed by atoms with Gasteiger partial charge < -0.3 is 10.6 Å². The number of rotatable bonds is 1. The fourth-order valence-electron chi connectivity index (χ4n) is 2.45. The van der Waals surface area contributed by atoms with Crippen molar-refractivity contribution in [1.82, 2.24) is 9.97 Å². The first kappa shape index (κ1) is 13.5. The summed E-state index contributed by atoms with van der Waals surface area (Å²) in [6.07, 6.45) is 2.43. The Bertz CT molecular complexity index is 605. The van der Waals surface area contributed by atoms with Gasteiger partial charge in [-0.3, -0.25) is 0 Å². The summed E-state index contributed by atoms with van der Waals surface area (Å²) in [6.45, 7) is 2.08. The average molecular weight is 281 g/mol. The molecule has 1 aliphatic rings. The van der Waals surface area contributed by atoms with Crippen LogP contribution in [0.4, 0.5) is 21.8 Å². The second kappa shape index (κ2) is 5.01. The van der Waals surface area contributed by atoms with Gasteiger partial charge in [0.25, 0.3) is 0 Å². The minimum absolute atomic E-state index is 0. The maximum absolute atomic E-state index is 13.2. The van der Waals surface area contributed by atoms with Crippen molar-refractivity contribution in [3.63, 3.8) is 0 Å². The lowest BCUT2D eigenvalue weighted by Crippen LogP contribution is -2.25. The maximum atomic E-state index is 13.2. The first-order valence-corrected chi connectivity index (χ1v) is 5.81. The number of hydrogen-bond acceptors (Lipinski definition) is 4. The summed E-state index contributed by atoms with van der Waals surface area (Å²) in [7, 11) is 0. The molecule has 4 nitrogen and oxygen atoms in total. The van der Waals surface area contributed by atoms with Crippen LogP contribution in [0.5, 0.6) is 0 Å². The van der Waals surface area contributed by atoms with Gasteiger partial charge in [-0.05, 0) is 43.2 Å². The van der Waals surface area contributed by atoms with E-state index in [4.69, 9.17) is 5.73 Å². The molecule has 0 aliphatic carbocycles. The molecule has 0 fully saturated rings. The van der Waals surface area contributed by atoms with E-state index in [9.17, 15) is 4.39 Å². The highest BCUT2D eigenvalue weighted by Gasteiger charge is 2.28. The molecule has 1 aromatic carbocycles. The predicted molar refractivity (Wildman–Crippen MR) is 75.4 cm³/mol. The van der Waals surface area contributed by atoms with Crippen LogP contribution in [-0.4, -0.2) is 16.0 Å². The number of hydrogen-bond donors (Lipinski definition) is 1. The predicted octanol–water partition coefficient (Wildman–Crippen LogP) is 2.70. The van der Waals surface area contributed by atoms with Crippen LogP contribution in [0.25, 0.3) is 0 Å². The Kier molecular flexibility index (Phi) is 3.57. The topological polar surface area (TPSA) is 55.0 Å². The average Bonchev–Trinajstić information content (AvgIpc) is 2.64. The van der Waals surface area contributed by atoms with E-state index in [0.29, 0.717) is 0 Å². The van der Waals surface area contributed by atoms with Crippen LogP contribution in [0.1, 0.15) is 12.5 Å². The quantitative estimate of drug-likeness (QED) is 0.873. The zero-order valence-electron chi connectivity index (χ0n) is 10.4. The number of anilines is 3. The van der Waals surface area contributed by atoms with Crippen molar-refractivity contribution in [2.24, 2.45) is 0 Å². The summed E-state index contributed by atoms with van der Waals surface area (Å²) in [5, 5.41) is 0. The van der Waals surface area contributed by atoms with E-state index in [1.165, 1.54) is 6.07 Å². The molecule has 0 saturated heterocycles. The number of aromatic nitrogens is 2. The smallest absolute Gasteiger partial charge is 0.221 e. The number of nitrogens with zero attached hydrogens (tertiary/aromatic N) is 3. The van der Waals surface area contributed by atoms with E-state index in [0.717, 1.165) is 23.5 Å². The lowest BCUT2D eigenvalue weighted by Gasteiger charge is -2.23. The van der Waals surface area contributed by atoms with Crippen molar-refractivity contribution in [1.29, 1.82) is 0 Å². The lowest BCUT2D eigenvalue weighted by atomic mass is 10.1. The molecule has 0 bridgehead atoms. The Balaban J connectivity index is 0.00000133. The monoisotopic (exact) mass is 280 g/mol. The summed E-state index contributed by atoms with van der Waals surface area (Å²) >= 11 is 0. The lowest BCUT2D eigenvalue weighted by molar-refractivity contribution is 0.626. The molecule has 2 aromatic rings. The van der Waals surface area contributed by atoms with Gasteiger partial charge in [0.2, 0.25) is 5.95 Å². The Morgan fingerprint density at radius 3 is 2.89 bits per heavy atom. The van der Waals surface area contributed by atoms with Crippen LogP contribution in [-0.2, 0) is 6.42 Å². The van der Waals surface area contributed by atoms with Crippen molar-refractivity contribution < 1.29 is 4.39 Å². The Morgan fingerprint density at radius 2 is 2.16 bits per heavy atom. The molecular formula is C13H14ClFN4. The van der Waals surface area contributed by atoms with Crippen LogP contribution in [0, 0.1) is 5.82 Å². The Hall–Kier alpha value is -1.88. The molecule has 2 heterocycles. The molecule has 1 atom stereocenters. The zero-order chi connectivity index (χ0) is 12.7. The standard InChI is InChI=1S/C13H13FN4.ClH/c1-8-6-9-7-10(14)2-3-11(9)18(8)12-4-5-16-13(15)17-12;/h2-5,7-8H,6H2,1H3,(H2,15,16,17);1H. The van der Waals surface area contributed by atoms with Crippen molar-refractivity contribution in [2.75, 3.05) is 10.6 Å². The van der Waals surface area contributed by atoms with Gasteiger partial charge in [-0.2, -0.15) is 4.98 Å². The van der Waals surface area contributed by atoms with Crippen molar-refractivity contribution in [2.45, 2.75) is 19.4 Å². The third-order valence-corrected chi connectivity index (χ3v) is 3.16. The van der Waals surface area contributed by atoms with Crippen LogP contribution in [0.15, 0.2) is 30.5 Å². The van der Waals surface area contributed by atoms with Gasteiger partial charge in [-0.25, -0.2) is 9.37 Å². The zero-order valence-corrected chi connectivity index (χ0v) is 11.2. The minimum Gasteiger partial charge on any atom is -0.368 e. The van der Waals surface area contributed by atoms with E-state index < -0.39 is 0 Å². The summed E-state index contributed by atoms with van der Waals surface area (Å²) in [5.74, 6) is 0.792. The summed E-state index contributed by atoms with van der Waals surface area (Å²) in [6, 6.07) is 6.87. The van der Waals surface area contributed by atoms with E-state index in [1.54, 1.807) is 18.3 Å². The summed E-state index contributed by atoms with van der Waals surface area (Å²) < 4.78 is 13.2. The molecular weight excluding hydrogens is 267 g/mol. The highest BCUT2D eigenvalue weighted by molar-refractivity contribution is 5.85. The fourth-order valence-corrected chi connectivity index (χ4v) is 2.45. The number of fused-ring (bicyclic) bond motifs is 1. The molecule has 6 heteroatoms. The van der Waals surface area contributed by atoms with Crippen LogP contribution < -0.4 is 10.6 Å². The number of nitrogens with two attached hydrogens (primary N) is 1. The van der Waals surface area contributed by atoms with E-state index in [1.807, 2.05) is 6.07 Å². The molecule has 0 spiro atoms. The van der Waals surface area contributed by atoms with Crippen molar-refractivity contribution >= 4 is 29.9 Å². The molecule has 0 saturated carbocycles. The SMILES string of the molecule is CC1Cc2cc(F)ccc2N1c1ccnc(N)n1.Cl. The fraction of sp³-hybridized carbons (Fsp3) is 0.231. The van der Waals surface area contributed by atoms with Gasteiger partial charge in [0.15, 0.2) is 0 Å². The Labute approximate surface area is 116 Å². The van der Waals surface area contributed by atoms with Crippen LogP contribution in [0.3, 0.4) is 0 Å². The number of nitrogen functional groups attached to an aromatic ring is 1. The van der Waals surface area contributed by atoms with Gasteiger partial charge in [0, 0.05) is 17.9 Å².